The van der Waals surface area contributed by atoms with Crippen molar-refractivity contribution in [3.8, 4) is 0 Å². The van der Waals surface area contributed by atoms with E-state index >= 15 is 0 Å². The summed E-state index contributed by atoms with van der Waals surface area (Å²) in [5.74, 6) is 0. The van der Waals surface area contributed by atoms with Crippen molar-refractivity contribution in [3.63, 3.8) is 0 Å². The fourth-order valence-electron chi connectivity index (χ4n) is 4.06. The van der Waals surface area contributed by atoms with Crippen LogP contribution in [0.15, 0.2) is 0 Å². The first kappa shape index (κ1) is 15.3. The van der Waals surface area contributed by atoms with Crippen LogP contribution in [0.3, 0.4) is 0 Å². The summed E-state index contributed by atoms with van der Waals surface area (Å²) in [6.45, 7) is 11.7. The fourth-order valence-corrected chi connectivity index (χ4v) is 4.06. The average Bonchev–Trinajstić information content (AvgIpc) is 2.65. The Bertz CT molecular complexity index is 259. The normalized spacial score (nSPS) is 30.2. The van der Waals surface area contributed by atoms with Gasteiger partial charge in [0.05, 0.1) is 0 Å². The molecule has 2 N–H and O–H groups in total. The maximum atomic E-state index is 6.18. The molecule has 1 aliphatic heterocycles. The van der Waals surface area contributed by atoms with Crippen LogP contribution in [0.4, 0.5) is 0 Å². The molecule has 1 saturated carbocycles. The highest BCUT2D eigenvalue weighted by molar-refractivity contribution is 4.88. The summed E-state index contributed by atoms with van der Waals surface area (Å²) in [7, 11) is 0. The lowest BCUT2D eigenvalue weighted by Gasteiger charge is -2.44. The largest absolute Gasteiger partial charge is 0.330 e. The Labute approximate surface area is 119 Å². The molecule has 1 unspecified atom stereocenters. The zero-order chi connectivity index (χ0) is 13.7. The van der Waals surface area contributed by atoms with Gasteiger partial charge in [0.1, 0.15) is 0 Å². The Hall–Kier alpha value is -0.120. The molecule has 0 aromatic rings. The number of piperazine rings is 1. The highest BCUT2D eigenvalue weighted by atomic mass is 15.3. The van der Waals surface area contributed by atoms with Crippen LogP contribution < -0.4 is 5.73 Å². The quantitative estimate of drug-likeness (QED) is 0.793. The van der Waals surface area contributed by atoms with Gasteiger partial charge in [0.25, 0.3) is 0 Å². The molecule has 0 radical (unpaired) electrons. The summed E-state index contributed by atoms with van der Waals surface area (Å²) in [5, 5.41) is 0. The Morgan fingerprint density at radius 3 is 2.32 bits per heavy atom. The van der Waals surface area contributed by atoms with Gasteiger partial charge in [-0.2, -0.15) is 0 Å². The van der Waals surface area contributed by atoms with E-state index in [0.29, 0.717) is 11.5 Å². The third-order valence-electron chi connectivity index (χ3n) is 5.41. The molecule has 1 saturated heterocycles. The second kappa shape index (κ2) is 7.05. The smallest absolute Gasteiger partial charge is 0.0195 e. The number of hydrogen-bond donors (Lipinski definition) is 1. The van der Waals surface area contributed by atoms with Crippen LogP contribution in [0.2, 0.25) is 0 Å². The standard InChI is InChI=1S/C16H33N3/c1-3-19-11-10-18(12-15(19)2)14-16(13-17)8-6-4-5-7-9-16/h15H,3-14,17H2,1-2H3. The number of nitrogens with zero attached hydrogens (tertiary/aromatic N) is 2. The molecule has 112 valence electrons. The van der Waals surface area contributed by atoms with E-state index in [0.717, 1.165) is 6.54 Å². The Morgan fingerprint density at radius 2 is 1.79 bits per heavy atom. The monoisotopic (exact) mass is 267 g/mol. The Kier molecular flexibility index (Phi) is 5.67. The highest BCUT2D eigenvalue weighted by Gasteiger charge is 2.33. The highest BCUT2D eigenvalue weighted by Crippen LogP contribution is 2.35. The molecular formula is C16H33N3. The van der Waals surface area contributed by atoms with E-state index in [1.54, 1.807) is 0 Å². The van der Waals surface area contributed by atoms with Crippen molar-refractivity contribution in [1.29, 1.82) is 0 Å². The molecule has 0 amide bonds. The number of likely N-dealkylation sites (N-methyl/N-ethyl adjacent to an activating group) is 1. The van der Waals surface area contributed by atoms with E-state index < -0.39 is 0 Å². The van der Waals surface area contributed by atoms with Crippen molar-refractivity contribution < 1.29 is 0 Å². The lowest BCUT2D eigenvalue weighted by molar-refractivity contribution is 0.0500. The van der Waals surface area contributed by atoms with Gasteiger partial charge >= 0.3 is 0 Å². The van der Waals surface area contributed by atoms with E-state index in [1.165, 1.54) is 71.2 Å². The number of rotatable bonds is 4. The molecule has 2 rings (SSSR count). The van der Waals surface area contributed by atoms with Crippen LogP contribution >= 0.6 is 0 Å². The average molecular weight is 267 g/mol. The van der Waals surface area contributed by atoms with Gasteiger partial charge in [-0.05, 0) is 38.3 Å². The number of nitrogens with two attached hydrogens (primary N) is 1. The lowest BCUT2D eigenvalue weighted by Crippen LogP contribution is -2.55. The fraction of sp³-hybridized carbons (Fsp3) is 1.00. The second-order valence-corrected chi connectivity index (χ2v) is 6.83. The molecule has 2 aliphatic rings. The zero-order valence-corrected chi connectivity index (χ0v) is 13.0. The van der Waals surface area contributed by atoms with Crippen LogP contribution in [-0.2, 0) is 0 Å². The summed E-state index contributed by atoms with van der Waals surface area (Å²) in [4.78, 5) is 5.29. The van der Waals surface area contributed by atoms with Gasteiger partial charge in [-0.3, -0.25) is 9.80 Å². The van der Waals surface area contributed by atoms with Crippen LogP contribution in [0, 0.1) is 5.41 Å². The minimum absolute atomic E-state index is 0.421. The first-order chi connectivity index (χ1) is 9.19. The molecule has 3 heteroatoms. The van der Waals surface area contributed by atoms with E-state index in [2.05, 4.69) is 23.6 Å². The van der Waals surface area contributed by atoms with Crippen molar-refractivity contribution in [3.05, 3.63) is 0 Å². The van der Waals surface area contributed by atoms with E-state index in [9.17, 15) is 0 Å². The maximum Gasteiger partial charge on any atom is 0.0195 e. The van der Waals surface area contributed by atoms with Crippen LogP contribution in [0.1, 0.15) is 52.4 Å². The van der Waals surface area contributed by atoms with Gasteiger partial charge in [0.2, 0.25) is 0 Å². The van der Waals surface area contributed by atoms with Gasteiger partial charge < -0.3 is 5.73 Å². The summed E-state index contributed by atoms with van der Waals surface area (Å²) < 4.78 is 0. The maximum absolute atomic E-state index is 6.18. The van der Waals surface area contributed by atoms with Gasteiger partial charge in [-0.15, -0.1) is 0 Å². The van der Waals surface area contributed by atoms with Gasteiger partial charge in [0, 0.05) is 32.2 Å². The molecule has 0 bridgehead atoms. The molecule has 1 atom stereocenters. The Morgan fingerprint density at radius 1 is 1.11 bits per heavy atom. The van der Waals surface area contributed by atoms with Crippen LogP contribution in [0.25, 0.3) is 0 Å². The molecule has 1 heterocycles. The minimum atomic E-state index is 0.421. The SMILES string of the molecule is CCN1CCN(CC2(CN)CCCCCC2)CC1C. The molecule has 0 spiro atoms. The van der Waals surface area contributed by atoms with Crippen molar-refractivity contribution >= 4 is 0 Å². The van der Waals surface area contributed by atoms with Crippen molar-refractivity contribution in [1.82, 2.24) is 9.80 Å². The molecule has 2 fully saturated rings. The number of hydrogen-bond acceptors (Lipinski definition) is 3. The third kappa shape index (κ3) is 3.93. The molecule has 3 nitrogen and oxygen atoms in total. The second-order valence-electron chi connectivity index (χ2n) is 6.83. The van der Waals surface area contributed by atoms with Crippen LogP contribution in [-0.4, -0.2) is 55.1 Å². The first-order valence-electron chi connectivity index (χ1n) is 8.35. The zero-order valence-electron chi connectivity index (χ0n) is 13.0. The molecule has 1 aliphatic carbocycles. The first-order valence-corrected chi connectivity index (χ1v) is 8.35. The van der Waals surface area contributed by atoms with Gasteiger partial charge in [-0.25, -0.2) is 0 Å². The third-order valence-corrected chi connectivity index (χ3v) is 5.41. The van der Waals surface area contributed by atoms with Gasteiger partial charge in [0.15, 0.2) is 0 Å². The van der Waals surface area contributed by atoms with E-state index in [4.69, 9.17) is 5.73 Å². The summed E-state index contributed by atoms with van der Waals surface area (Å²) in [6.07, 6.45) is 8.32. The van der Waals surface area contributed by atoms with Crippen molar-refractivity contribution in [2.24, 2.45) is 11.1 Å². The summed E-state index contributed by atoms with van der Waals surface area (Å²) >= 11 is 0. The van der Waals surface area contributed by atoms with Gasteiger partial charge in [-0.1, -0.05) is 32.6 Å². The Balaban J connectivity index is 1.91. The van der Waals surface area contributed by atoms with E-state index in [-0.39, 0.29) is 0 Å². The predicted octanol–water partition coefficient (Wildman–Crippen LogP) is 2.31. The lowest BCUT2D eigenvalue weighted by atomic mass is 9.79. The molecular weight excluding hydrogens is 234 g/mol. The van der Waals surface area contributed by atoms with Crippen molar-refractivity contribution in [2.45, 2.75) is 58.4 Å². The molecule has 0 aromatic carbocycles. The van der Waals surface area contributed by atoms with Crippen molar-refractivity contribution in [2.75, 3.05) is 39.3 Å². The topological polar surface area (TPSA) is 32.5 Å². The molecule has 0 aromatic heterocycles. The van der Waals surface area contributed by atoms with Crippen LogP contribution in [0.5, 0.6) is 0 Å². The molecule has 19 heavy (non-hydrogen) atoms. The summed E-state index contributed by atoms with van der Waals surface area (Å²) in [5.41, 5.74) is 6.60. The minimum Gasteiger partial charge on any atom is -0.330 e. The van der Waals surface area contributed by atoms with E-state index in [1.807, 2.05) is 0 Å². The summed E-state index contributed by atoms with van der Waals surface area (Å²) in [6, 6.07) is 0.708. The predicted molar refractivity (Wildman–Crippen MR) is 82.3 cm³/mol.